The summed E-state index contributed by atoms with van der Waals surface area (Å²) < 4.78 is 11.1. The number of piperidine rings is 1. The quantitative estimate of drug-likeness (QED) is 0.174. The molecule has 0 bridgehead atoms. The molecule has 5 rings (SSSR count). The molecule has 4 N–H and O–H groups in total. The second-order valence-corrected chi connectivity index (χ2v) is 14.0. The van der Waals surface area contributed by atoms with Crippen molar-refractivity contribution in [2.45, 2.75) is 109 Å². The summed E-state index contributed by atoms with van der Waals surface area (Å²) in [5.41, 5.74) is 2.46. The molecule has 2 fully saturated rings. The van der Waals surface area contributed by atoms with E-state index in [0.717, 1.165) is 18.4 Å². The normalized spacial score (nSPS) is 22.0. The van der Waals surface area contributed by atoms with Crippen LogP contribution in [0.25, 0.3) is 22.2 Å². The van der Waals surface area contributed by atoms with E-state index in [1.807, 2.05) is 57.2 Å². The fraction of sp³-hybridized carbons (Fsp3) is 0.525. The molecule has 0 radical (unpaired) electrons. The zero-order valence-electron chi connectivity index (χ0n) is 31.0. The minimum atomic E-state index is -1.26. The SMILES string of the molecule is CCC(=O)CCCCC[C@@H]1NC(=O)[C@H]2CCCCN2C(=O)C(C(C)CC)NC(=O)[C@H](c2c(-c3cc(OC)cc(OC)c3)[nH]c3ccccc23)NC1=O. The minimum Gasteiger partial charge on any atom is -0.497 e. The number of Topliss-reactive ketones (excluding diaryl/α,β-unsaturated/α-hetero) is 1. The molecule has 1 aromatic heterocycles. The van der Waals surface area contributed by atoms with E-state index in [1.54, 1.807) is 25.2 Å². The van der Waals surface area contributed by atoms with Crippen LogP contribution in [0.15, 0.2) is 42.5 Å². The van der Waals surface area contributed by atoms with Gasteiger partial charge in [0, 0.05) is 47.5 Å². The summed E-state index contributed by atoms with van der Waals surface area (Å²) >= 11 is 0. The molecule has 2 unspecified atom stereocenters. The third-order valence-electron chi connectivity index (χ3n) is 10.6. The van der Waals surface area contributed by atoms with Gasteiger partial charge in [0.05, 0.1) is 19.9 Å². The standard InChI is InChI=1S/C40H53N5O7/c1-6-24(3)34-40(50)45-20-14-13-19-32(45)38(48)42-31(18-10-8-9-15-26(46)7-2)37(47)44-36(39(49)43-34)33-29-16-11-12-17-30(29)41-35(33)25-21-27(51-4)23-28(22-25)52-5/h11-12,16-17,21-24,31-32,34,36,41H,6-10,13-15,18-20H2,1-5H3,(H,42,48)(H,43,49)(H,44,47)/t24?,31-,32+,34?,36-/m0/s1. The number of nitrogens with zero attached hydrogens (tertiary/aromatic N) is 1. The monoisotopic (exact) mass is 715 g/mol. The van der Waals surface area contributed by atoms with Crippen LogP contribution < -0.4 is 25.4 Å². The zero-order valence-corrected chi connectivity index (χ0v) is 31.0. The van der Waals surface area contributed by atoms with Crippen molar-refractivity contribution in [2.75, 3.05) is 20.8 Å². The molecule has 280 valence electrons. The van der Waals surface area contributed by atoms with Crippen LogP contribution in [0, 0.1) is 5.92 Å². The highest BCUT2D eigenvalue weighted by molar-refractivity contribution is 6.02. The summed E-state index contributed by atoms with van der Waals surface area (Å²) in [5.74, 6) is -0.720. The molecule has 2 aromatic carbocycles. The fourth-order valence-electron chi connectivity index (χ4n) is 7.28. The van der Waals surface area contributed by atoms with Gasteiger partial charge < -0.3 is 35.3 Å². The van der Waals surface area contributed by atoms with Gasteiger partial charge in [-0.1, -0.05) is 58.2 Å². The van der Waals surface area contributed by atoms with Gasteiger partial charge in [0.15, 0.2) is 0 Å². The van der Waals surface area contributed by atoms with E-state index in [9.17, 15) is 24.0 Å². The first kappa shape index (κ1) is 38.4. The Morgan fingerprint density at radius 1 is 0.885 bits per heavy atom. The molecular formula is C40H53N5O7. The lowest BCUT2D eigenvalue weighted by atomic mass is 9.92. The molecule has 12 nitrogen and oxygen atoms in total. The maximum absolute atomic E-state index is 14.8. The number of hydrogen-bond donors (Lipinski definition) is 4. The molecule has 2 aliphatic rings. The average Bonchev–Trinajstić information content (AvgIpc) is 3.56. The van der Waals surface area contributed by atoms with Crippen LogP contribution >= 0.6 is 0 Å². The molecule has 3 heterocycles. The Morgan fingerprint density at radius 2 is 1.62 bits per heavy atom. The van der Waals surface area contributed by atoms with E-state index in [2.05, 4.69) is 20.9 Å². The van der Waals surface area contributed by atoms with Crippen molar-refractivity contribution in [3.8, 4) is 22.8 Å². The lowest BCUT2D eigenvalue weighted by Crippen LogP contribution is -2.62. The van der Waals surface area contributed by atoms with Gasteiger partial charge >= 0.3 is 0 Å². The number of carbonyl (C=O) groups is 5. The summed E-state index contributed by atoms with van der Waals surface area (Å²) in [7, 11) is 3.11. The molecule has 2 saturated heterocycles. The molecule has 52 heavy (non-hydrogen) atoms. The number of ether oxygens (including phenoxy) is 2. The number of para-hydroxylation sites is 1. The lowest BCUT2D eigenvalue weighted by Gasteiger charge is -2.39. The van der Waals surface area contributed by atoms with Gasteiger partial charge in [0.1, 0.15) is 41.4 Å². The van der Waals surface area contributed by atoms with Crippen LogP contribution in [0.5, 0.6) is 11.5 Å². The number of fused-ring (bicyclic) bond motifs is 2. The number of carbonyl (C=O) groups excluding carboxylic acids is 5. The Bertz CT molecular complexity index is 1750. The largest absolute Gasteiger partial charge is 0.497 e. The van der Waals surface area contributed by atoms with Gasteiger partial charge in [-0.05, 0) is 56.2 Å². The predicted octanol–water partition coefficient (Wildman–Crippen LogP) is 5.35. The van der Waals surface area contributed by atoms with Gasteiger partial charge in [0.2, 0.25) is 23.6 Å². The number of amides is 4. The van der Waals surface area contributed by atoms with Gasteiger partial charge in [-0.3, -0.25) is 24.0 Å². The number of aromatic amines is 1. The van der Waals surface area contributed by atoms with Crippen LogP contribution in [0.1, 0.15) is 96.6 Å². The molecule has 4 amide bonds. The van der Waals surface area contributed by atoms with E-state index in [0.29, 0.717) is 91.6 Å². The third kappa shape index (κ3) is 8.59. The maximum Gasteiger partial charge on any atom is 0.248 e. The van der Waals surface area contributed by atoms with Crippen molar-refractivity contribution in [3.05, 3.63) is 48.0 Å². The summed E-state index contributed by atoms with van der Waals surface area (Å²) in [6.07, 6.45) is 5.80. The first-order chi connectivity index (χ1) is 25.1. The first-order valence-electron chi connectivity index (χ1n) is 18.7. The number of methoxy groups -OCH3 is 2. The molecule has 0 spiro atoms. The van der Waals surface area contributed by atoms with E-state index < -0.39 is 36.0 Å². The Balaban J connectivity index is 1.62. The smallest absolute Gasteiger partial charge is 0.248 e. The summed E-state index contributed by atoms with van der Waals surface area (Å²) in [4.78, 5) is 74.5. The van der Waals surface area contributed by atoms with Crippen LogP contribution in [0.4, 0.5) is 0 Å². The minimum absolute atomic E-state index is 0.187. The topological polar surface area (TPSA) is 159 Å². The molecule has 0 aliphatic carbocycles. The summed E-state index contributed by atoms with van der Waals surface area (Å²) in [6, 6.07) is 9.00. The van der Waals surface area contributed by atoms with Crippen LogP contribution in [0.2, 0.25) is 0 Å². The van der Waals surface area contributed by atoms with Gasteiger partial charge in [-0.25, -0.2) is 0 Å². The van der Waals surface area contributed by atoms with Crippen molar-refractivity contribution in [1.29, 1.82) is 0 Å². The lowest BCUT2D eigenvalue weighted by molar-refractivity contribution is -0.147. The predicted molar refractivity (Wildman–Crippen MR) is 199 cm³/mol. The first-order valence-corrected chi connectivity index (χ1v) is 18.7. The number of H-pyrrole nitrogens is 1. The Kier molecular flexibility index (Phi) is 13.0. The van der Waals surface area contributed by atoms with Crippen molar-refractivity contribution in [3.63, 3.8) is 0 Å². The summed E-state index contributed by atoms with van der Waals surface area (Å²) in [5, 5.41) is 9.76. The molecule has 12 heteroatoms. The highest BCUT2D eigenvalue weighted by Gasteiger charge is 2.42. The molecule has 5 atom stereocenters. The van der Waals surface area contributed by atoms with E-state index in [1.165, 1.54) is 0 Å². The van der Waals surface area contributed by atoms with Crippen molar-refractivity contribution < 1.29 is 33.4 Å². The van der Waals surface area contributed by atoms with Crippen molar-refractivity contribution >= 4 is 40.3 Å². The maximum atomic E-state index is 14.8. The summed E-state index contributed by atoms with van der Waals surface area (Å²) in [6.45, 7) is 6.09. The van der Waals surface area contributed by atoms with Gasteiger partial charge in [0.25, 0.3) is 0 Å². The van der Waals surface area contributed by atoms with Crippen molar-refractivity contribution in [1.82, 2.24) is 25.8 Å². The number of unbranched alkanes of at least 4 members (excludes halogenated alkanes) is 2. The number of ketones is 1. The molecule has 2 aliphatic heterocycles. The molecular weight excluding hydrogens is 662 g/mol. The van der Waals surface area contributed by atoms with Crippen LogP contribution in [0.3, 0.4) is 0 Å². The number of aromatic nitrogens is 1. The molecule has 3 aromatic rings. The highest BCUT2D eigenvalue weighted by atomic mass is 16.5. The second-order valence-electron chi connectivity index (χ2n) is 14.0. The zero-order chi connectivity index (χ0) is 37.4. The Morgan fingerprint density at radius 3 is 2.31 bits per heavy atom. The number of rotatable bonds is 13. The number of hydrogen-bond acceptors (Lipinski definition) is 7. The van der Waals surface area contributed by atoms with Crippen LogP contribution in [-0.2, 0) is 24.0 Å². The Hall–Kier alpha value is -4.87. The fourth-order valence-corrected chi connectivity index (χ4v) is 7.28. The third-order valence-corrected chi connectivity index (χ3v) is 10.6. The van der Waals surface area contributed by atoms with E-state index in [-0.39, 0.29) is 23.5 Å². The highest BCUT2D eigenvalue weighted by Crippen LogP contribution is 2.38. The molecule has 0 saturated carbocycles. The van der Waals surface area contributed by atoms with Crippen molar-refractivity contribution in [2.24, 2.45) is 5.92 Å². The number of nitrogens with one attached hydrogen (secondary N) is 4. The van der Waals surface area contributed by atoms with E-state index in [4.69, 9.17) is 9.47 Å². The average molecular weight is 716 g/mol. The second kappa shape index (κ2) is 17.6. The number of benzene rings is 2. The Labute approximate surface area is 305 Å². The van der Waals surface area contributed by atoms with E-state index >= 15 is 0 Å². The van der Waals surface area contributed by atoms with Crippen LogP contribution in [-0.4, -0.2) is 78.2 Å². The van der Waals surface area contributed by atoms with Gasteiger partial charge in [-0.15, -0.1) is 0 Å². The van der Waals surface area contributed by atoms with Gasteiger partial charge in [-0.2, -0.15) is 0 Å².